The van der Waals surface area contributed by atoms with E-state index in [0.29, 0.717) is 0 Å². The number of anilines is 2. The Morgan fingerprint density at radius 2 is 1.76 bits per heavy atom. The van der Waals surface area contributed by atoms with Crippen LogP contribution in [0.15, 0.2) is 15.9 Å². The van der Waals surface area contributed by atoms with E-state index in [4.69, 9.17) is 0 Å². The van der Waals surface area contributed by atoms with Crippen LogP contribution in [0.3, 0.4) is 0 Å². The molecule has 21 heavy (non-hydrogen) atoms. The molecule has 2 N–H and O–H groups in total. The highest BCUT2D eigenvalue weighted by atomic mass is 79.9. The predicted molar refractivity (Wildman–Crippen MR) is 94.5 cm³/mol. The molecule has 0 aliphatic heterocycles. The summed E-state index contributed by atoms with van der Waals surface area (Å²) in [5.74, 6) is 2.66. The van der Waals surface area contributed by atoms with Gasteiger partial charge in [-0.3, -0.25) is 0 Å². The Hall–Kier alpha value is -1.14. The smallest absolute Gasteiger partial charge is 0.134 e. The van der Waals surface area contributed by atoms with Gasteiger partial charge in [0.2, 0.25) is 0 Å². The van der Waals surface area contributed by atoms with Crippen molar-refractivity contribution in [2.45, 2.75) is 33.6 Å². The lowest BCUT2D eigenvalue weighted by Crippen LogP contribution is -2.12. The highest BCUT2D eigenvalue weighted by Crippen LogP contribution is 2.23. The van der Waals surface area contributed by atoms with Crippen LogP contribution in [0.4, 0.5) is 11.6 Å². The summed E-state index contributed by atoms with van der Waals surface area (Å²) in [6.45, 7) is 7.94. The van der Waals surface area contributed by atoms with Gasteiger partial charge < -0.3 is 10.6 Å². The molecule has 0 aromatic carbocycles. The number of rotatable bonds is 7. The Bertz CT molecular complexity index is 597. The molecule has 0 fully saturated rings. The summed E-state index contributed by atoms with van der Waals surface area (Å²) in [6, 6.07) is 4.25. The number of hydrogen-bond donors (Lipinski definition) is 2. The van der Waals surface area contributed by atoms with Gasteiger partial charge in [0.1, 0.15) is 17.5 Å². The molecular weight excluding hydrogens is 348 g/mol. The number of thiophene rings is 1. The molecular formula is C15H21BrN4S. The highest BCUT2D eigenvalue weighted by molar-refractivity contribution is 9.11. The van der Waals surface area contributed by atoms with Crippen LogP contribution in [0.25, 0.3) is 0 Å². The van der Waals surface area contributed by atoms with Crippen molar-refractivity contribution >= 4 is 38.9 Å². The van der Waals surface area contributed by atoms with E-state index in [2.05, 4.69) is 62.5 Å². The topological polar surface area (TPSA) is 49.8 Å². The summed E-state index contributed by atoms with van der Waals surface area (Å²) < 4.78 is 1.18. The van der Waals surface area contributed by atoms with E-state index >= 15 is 0 Å². The van der Waals surface area contributed by atoms with Crippen molar-refractivity contribution in [1.29, 1.82) is 0 Å². The van der Waals surface area contributed by atoms with E-state index in [1.807, 2.05) is 6.92 Å². The molecule has 4 nitrogen and oxygen atoms in total. The van der Waals surface area contributed by atoms with Crippen molar-refractivity contribution in [2.24, 2.45) is 0 Å². The molecule has 0 amide bonds. The van der Waals surface area contributed by atoms with Gasteiger partial charge in [-0.15, -0.1) is 11.3 Å². The van der Waals surface area contributed by atoms with E-state index in [0.717, 1.165) is 49.0 Å². The van der Waals surface area contributed by atoms with E-state index < -0.39 is 0 Å². The van der Waals surface area contributed by atoms with E-state index in [-0.39, 0.29) is 0 Å². The van der Waals surface area contributed by atoms with Crippen molar-refractivity contribution in [3.8, 4) is 0 Å². The maximum absolute atomic E-state index is 4.51. The van der Waals surface area contributed by atoms with Crippen LogP contribution in [0, 0.1) is 13.8 Å². The van der Waals surface area contributed by atoms with Crippen LogP contribution >= 0.6 is 27.3 Å². The van der Waals surface area contributed by atoms with Gasteiger partial charge in [0.25, 0.3) is 0 Å². The Morgan fingerprint density at radius 3 is 2.33 bits per heavy atom. The van der Waals surface area contributed by atoms with Gasteiger partial charge in [-0.2, -0.15) is 0 Å². The van der Waals surface area contributed by atoms with Gasteiger partial charge in [0, 0.05) is 23.5 Å². The number of aromatic nitrogens is 2. The van der Waals surface area contributed by atoms with Crippen LogP contribution < -0.4 is 10.6 Å². The molecule has 0 atom stereocenters. The summed E-state index contributed by atoms with van der Waals surface area (Å²) in [7, 11) is 0. The number of hydrogen-bond acceptors (Lipinski definition) is 5. The Balaban J connectivity index is 2.00. The number of aryl methyl sites for hydroxylation is 1. The highest BCUT2D eigenvalue weighted by Gasteiger charge is 2.08. The van der Waals surface area contributed by atoms with Gasteiger partial charge in [-0.25, -0.2) is 9.97 Å². The third-order valence-electron chi connectivity index (χ3n) is 3.09. The minimum Gasteiger partial charge on any atom is -0.370 e. The second-order valence-corrected chi connectivity index (χ2v) is 7.45. The molecule has 0 radical (unpaired) electrons. The molecule has 2 rings (SSSR count). The Morgan fingerprint density at radius 1 is 1.10 bits per heavy atom. The first kappa shape index (κ1) is 16.2. The van der Waals surface area contributed by atoms with Crippen LogP contribution in [-0.2, 0) is 6.42 Å². The largest absolute Gasteiger partial charge is 0.370 e. The molecule has 0 unspecified atom stereocenters. The molecule has 114 valence electrons. The van der Waals surface area contributed by atoms with Crippen LogP contribution in [-0.4, -0.2) is 23.1 Å². The zero-order chi connectivity index (χ0) is 15.2. The Labute approximate surface area is 138 Å². The van der Waals surface area contributed by atoms with Crippen molar-refractivity contribution < 1.29 is 0 Å². The Kier molecular flexibility index (Phi) is 5.99. The maximum Gasteiger partial charge on any atom is 0.134 e. The normalized spacial score (nSPS) is 10.7. The first-order chi connectivity index (χ1) is 10.1. The molecule has 2 heterocycles. The van der Waals surface area contributed by atoms with Crippen LogP contribution in [0.1, 0.15) is 29.6 Å². The van der Waals surface area contributed by atoms with Crippen LogP contribution in [0.2, 0.25) is 0 Å². The zero-order valence-corrected chi connectivity index (χ0v) is 15.1. The summed E-state index contributed by atoms with van der Waals surface area (Å²) in [4.78, 5) is 10.3. The fraction of sp³-hybridized carbons (Fsp3) is 0.467. The lowest BCUT2D eigenvalue weighted by atomic mass is 10.2. The molecule has 2 aromatic rings. The number of nitrogens with one attached hydrogen (secondary N) is 2. The lowest BCUT2D eigenvalue weighted by molar-refractivity contribution is 0.938. The lowest BCUT2D eigenvalue weighted by Gasteiger charge is -2.13. The predicted octanol–water partition coefficient (Wildman–Crippen LogP) is 4.39. The fourth-order valence-corrected chi connectivity index (χ4v) is 3.49. The van der Waals surface area contributed by atoms with Crippen molar-refractivity contribution in [3.05, 3.63) is 32.2 Å². The molecule has 0 saturated carbocycles. The van der Waals surface area contributed by atoms with Gasteiger partial charge >= 0.3 is 0 Å². The van der Waals surface area contributed by atoms with Gasteiger partial charge in [-0.1, -0.05) is 6.92 Å². The second-order valence-electron chi connectivity index (χ2n) is 4.90. The molecule has 0 aliphatic carbocycles. The SMILES string of the molecule is CCCNc1nc(C)nc(NCCc2ccc(Br)s2)c1C. The van der Waals surface area contributed by atoms with Crippen molar-refractivity contribution in [3.63, 3.8) is 0 Å². The third-order valence-corrected chi connectivity index (χ3v) is 4.78. The monoisotopic (exact) mass is 368 g/mol. The first-order valence-electron chi connectivity index (χ1n) is 7.17. The average Bonchev–Trinajstić information content (AvgIpc) is 2.86. The molecule has 0 aliphatic rings. The minimum absolute atomic E-state index is 0.792. The first-order valence-corrected chi connectivity index (χ1v) is 8.78. The summed E-state index contributed by atoms with van der Waals surface area (Å²) >= 11 is 5.27. The summed E-state index contributed by atoms with van der Waals surface area (Å²) in [6.07, 6.45) is 2.08. The molecule has 0 saturated heterocycles. The van der Waals surface area contributed by atoms with Gasteiger partial charge in [0.15, 0.2) is 0 Å². The maximum atomic E-state index is 4.51. The van der Waals surface area contributed by atoms with Gasteiger partial charge in [0.05, 0.1) is 3.79 Å². The van der Waals surface area contributed by atoms with E-state index in [9.17, 15) is 0 Å². The van der Waals surface area contributed by atoms with E-state index in [1.54, 1.807) is 11.3 Å². The minimum atomic E-state index is 0.792. The molecule has 0 bridgehead atoms. The average molecular weight is 369 g/mol. The van der Waals surface area contributed by atoms with E-state index in [1.165, 1.54) is 8.66 Å². The third kappa shape index (κ3) is 4.68. The fourth-order valence-electron chi connectivity index (χ4n) is 2.01. The summed E-state index contributed by atoms with van der Waals surface area (Å²) in [5.41, 5.74) is 1.08. The van der Waals surface area contributed by atoms with Crippen molar-refractivity contribution in [2.75, 3.05) is 23.7 Å². The summed E-state index contributed by atoms with van der Waals surface area (Å²) in [5, 5.41) is 6.79. The zero-order valence-electron chi connectivity index (χ0n) is 12.7. The van der Waals surface area contributed by atoms with Crippen LogP contribution in [0.5, 0.6) is 0 Å². The molecule has 0 spiro atoms. The quantitative estimate of drug-likeness (QED) is 0.760. The number of halogens is 1. The molecule has 2 aromatic heterocycles. The second kappa shape index (κ2) is 7.75. The standard InChI is InChI=1S/C15H21BrN4S/c1-4-8-17-14-10(2)15(20-11(3)19-14)18-9-7-12-5-6-13(16)21-12/h5-6H,4,7-9H2,1-3H3,(H2,17,18,19,20). The van der Waals surface area contributed by atoms with Crippen molar-refractivity contribution in [1.82, 2.24) is 9.97 Å². The number of nitrogens with zero attached hydrogens (tertiary/aromatic N) is 2. The van der Waals surface area contributed by atoms with Gasteiger partial charge in [-0.05, 0) is 54.8 Å². The molecule has 6 heteroatoms.